The molecule has 0 amide bonds. The number of nitrogens with zero attached hydrogens (tertiary/aromatic N) is 3. The van der Waals surface area contributed by atoms with Crippen molar-refractivity contribution in [1.29, 1.82) is 0 Å². The molecule has 0 saturated carbocycles. The number of hydrogen-bond acceptors (Lipinski definition) is 4. The summed E-state index contributed by atoms with van der Waals surface area (Å²) in [6.45, 7) is 5.04. The van der Waals surface area contributed by atoms with Crippen LogP contribution in [0.15, 0.2) is 24.4 Å². The third-order valence-electron chi connectivity index (χ3n) is 3.42. The Morgan fingerprint density at radius 3 is 2.86 bits per heavy atom. The van der Waals surface area contributed by atoms with Crippen molar-refractivity contribution in [3.8, 4) is 0 Å². The van der Waals surface area contributed by atoms with Crippen molar-refractivity contribution in [1.82, 2.24) is 14.5 Å². The predicted octanol–water partition coefficient (Wildman–Crippen LogP) is 4.42. The van der Waals surface area contributed by atoms with Gasteiger partial charge in [0, 0.05) is 29.7 Å². The van der Waals surface area contributed by atoms with Crippen molar-refractivity contribution >= 4 is 39.7 Å². The second kappa shape index (κ2) is 5.66. The first-order chi connectivity index (χ1) is 10.0. The number of anilines is 1. The Hall–Kier alpha value is -1.59. The first-order valence-electron chi connectivity index (χ1n) is 6.85. The van der Waals surface area contributed by atoms with E-state index in [1.165, 1.54) is 11.3 Å². The zero-order valence-electron chi connectivity index (χ0n) is 12.2. The zero-order valence-corrected chi connectivity index (χ0v) is 13.8. The summed E-state index contributed by atoms with van der Waals surface area (Å²) < 4.78 is 2.74. The first-order valence-corrected chi connectivity index (χ1v) is 8.04. The molecule has 4 nitrogen and oxygen atoms in total. The van der Waals surface area contributed by atoms with Gasteiger partial charge in [-0.25, -0.2) is 9.97 Å². The number of fused-ring (bicyclic) bond motifs is 1. The van der Waals surface area contributed by atoms with Crippen LogP contribution in [0.1, 0.15) is 30.5 Å². The summed E-state index contributed by atoms with van der Waals surface area (Å²) in [4.78, 5) is 9.88. The third kappa shape index (κ3) is 2.89. The summed E-state index contributed by atoms with van der Waals surface area (Å²) in [5.41, 5.74) is 3.24. The number of benzene rings is 1. The van der Waals surface area contributed by atoms with Crippen molar-refractivity contribution in [3.63, 3.8) is 0 Å². The molecule has 0 spiro atoms. The van der Waals surface area contributed by atoms with Crippen LogP contribution in [-0.4, -0.2) is 14.5 Å². The van der Waals surface area contributed by atoms with Gasteiger partial charge in [0.1, 0.15) is 5.82 Å². The highest BCUT2D eigenvalue weighted by atomic mass is 35.5. The van der Waals surface area contributed by atoms with E-state index in [9.17, 15) is 0 Å². The maximum absolute atomic E-state index is 5.84. The monoisotopic (exact) mass is 320 g/mol. The molecule has 1 N–H and O–H groups in total. The van der Waals surface area contributed by atoms with E-state index in [-0.39, 0.29) is 0 Å². The normalized spacial score (nSPS) is 11.5. The molecule has 110 valence electrons. The van der Waals surface area contributed by atoms with E-state index in [2.05, 4.69) is 54.0 Å². The second-order valence-electron chi connectivity index (χ2n) is 5.32. The lowest BCUT2D eigenvalue weighted by Gasteiger charge is -2.05. The van der Waals surface area contributed by atoms with Crippen LogP contribution in [0.3, 0.4) is 0 Å². The van der Waals surface area contributed by atoms with Gasteiger partial charge >= 0.3 is 0 Å². The molecule has 3 rings (SSSR count). The molecule has 0 saturated heterocycles. The molecule has 1 aromatic carbocycles. The molecule has 0 bridgehead atoms. The topological polar surface area (TPSA) is 42.7 Å². The van der Waals surface area contributed by atoms with Crippen molar-refractivity contribution < 1.29 is 0 Å². The molecule has 0 aliphatic carbocycles. The van der Waals surface area contributed by atoms with E-state index in [4.69, 9.17) is 16.6 Å². The van der Waals surface area contributed by atoms with Gasteiger partial charge in [0.25, 0.3) is 0 Å². The summed E-state index contributed by atoms with van der Waals surface area (Å²) in [7, 11) is 2.07. The highest BCUT2D eigenvalue weighted by molar-refractivity contribution is 7.15. The van der Waals surface area contributed by atoms with Gasteiger partial charge in [-0.3, -0.25) is 0 Å². The van der Waals surface area contributed by atoms with Gasteiger partial charge in [-0.1, -0.05) is 25.4 Å². The fourth-order valence-corrected chi connectivity index (χ4v) is 3.32. The molecule has 0 radical (unpaired) electrons. The minimum absolute atomic E-state index is 0.415. The van der Waals surface area contributed by atoms with Crippen LogP contribution in [0.5, 0.6) is 0 Å². The van der Waals surface area contributed by atoms with E-state index in [1.807, 2.05) is 0 Å². The third-order valence-corrected chi connectivity index (χ3v) is 4.54. The van der Waals surface area contributed by atoms with Gasteiger partial charge in [-0.15, -0.1) is 11.3 Å². The predicted molar refractivity (Wildman–Crippen MR) is 89.3 cm³/mol. The number of thiazole rings is 1. The Morgan fingerprint density at radius 2 is 2.19 bits per heavy atom. The van der Waals surface area contributed by atoms with Crippen LogP contribution in [0.25, 0.3) is 11.0 Å². The van der Waals surface area contributed by atoms with Gasteiger partial charge in [0.05, 0.1) is 17.6 Å². The Balaban J connectivity index is 1.83. The molecule has 6 heteroatoms. The lowest BCUT2D eigenvalue weighted by molar-refractivity contribution is 0.722. The van der Waals surface area contributed by atoms with Crippen molar-refractivity contribution in [2.45, 2.75) is 26.3 Å². The van der Waals surface area contributed by atoms with E-state index < -0.39 is 0 Å². The smallest absolute Gasteiger partial charge is 0.183 e. The molecule has 0 unspecified atom stereocenters. The minimum Gasteiger partial charge on any atom is -0.380 e. The molecule has 0 atom stereocenters. The lowest BCUT2D eigenvalue weighted by atomic mass is 10.2. The van der Waals surface area contributed by atoms with Crippen molar-refractivity contribution in [3.05, 3.63) is 39.6 Å². The SMILES string of the molecule is CC(C)c1nc2cc(NCc3cnc(Cl)s3)ccc2n1C. The Bertz CT molecular complexity index is 775. The molecular formula is C15H17ClN4S. The number of halogens is 1. The summed E-state index contributed by atoms with van der Waals surface area (Å²) in [5.74, 6) is 1.52. The summed E-state index contributed by atoms with van der Waals surface area (Å²) in [5, 5.41) is 3.39. The molecule has 0 aliphatic rings. The molecule has 0 fully saturated rings. The Kier molecular flexibility index (Phi) is 3.87. The average Bonchev–Trinajstić information content (AvgIpc) is 3.00. The van der Waals surface area contributed by atoms with E-state index >= 15 is 0 Å². The quantitative estimate of drug-likeness (QED) is 0.774. The number of nitrogens with one attached hydrogen (secondary N) is 1. The minimum atomic E-state index is 0.415. The van der Waals surface area contributed by atoms with Crippen LogP contribution in [-0.2, 0) is 13.6 Å². The van der Waals surface area contributed by atoms with E-state index in [0.717, 1.165) is 34.0 Å². The van der Waals surface area contributed by atoms with Crippen LogP contribution in [0, 0.1) is 0 Å². The fourth-order valence-electron chi connectivity index (χ4n) is 2.40. The number of aryl methyl sites for hydroxylation is 1. The molecule has 21 heavy (non-hydrogen) atoms. The molecule has 3 aromatic rings. The van der Waals surface area contributed by atoms with Crippen LogP contribution < -0.4 is 5.32 Å². The number of aromatic nitrogens is 3. The van der Waals surface area contributed by atoms with Gasteiger partial charge in [-0.2, -0.15) is 0 Å². The Labute approximate surface area is 132 Å². The number of imidazole rings is 1. The van der Waals surface area contributed by atoms with Crippen LogP contribution in [0.4, 0.5) is 5.69 Å². The highest BCUT2D eigenvalue weighted by Gasteiger charge is 2.11. The maximum Gasteiger partial charge on any atom is 0.183 e. The maximum atomic E-state index is 5.84. The van der Waals surface area contributed by atoms with Crippen molar-refractivity contribution in [2.24, 2.45) is 7.05 Å². The fraction of sp³-hybridized carbons (Fsp3) is 0.333. The molecule has 2 aromatic heterocycles. The Morgan fingerprint density at radius 1 is 1.38 bits per heavy atom. The second-order valence-corrected chi connectivity index (χ2v) is 7.02. The standard InChI is InChI=1S/C15H17ClN4S/c1-9(2)14-19-12-6-10(4-5-13(12)20(14)3)17-7-11-8-18-15(16)21-11/h4-6,8-9,17H,7H2,1-3H3. The summed E-state index contributed by atoms with van der Waals surface area (Å²) in [6, 6.07) is 6.27. The number of rotatable bonds is 4. The largest absolute Gasteiger partial charge is 0.380 e. The number of hydrogen-bond donors (Lipinski definition) is 1. The van der Waals surface area contributed by atoms with E-state index in [1.54, 1.807) is 6.20 Å². The van der Waals surface area contributed by atoms with Gasteiger partial charge in [0.15, 0.2) is 4.47 Å². The van der Waals surface area contributed by atoms with Gasteiger partial charge < -0.3 is 9.88 Å². The zero-order chi connectivity index (χ0) is 15.0. The van der Waals surface area contributed by atoms with Crippen LogP contribution >= 0.6 is 22.9 Å². The summed E-state index contributed by atoms with van der Waals surface area (Å²) >= 11 is 7.33. The lowest BCUT2D eigenvalue weighted by Crippen LogP contribution is -1.99. The van der Waals surface area contributed by atoms with Crippen molar-refractivity contribution in [2.75, 3.05) is 5.32 Å². The van der Waals surface area contributed by atoms with Gasteiger partial charge in [-0.05, 0) is 18.2 Å². The van der Waals surface area contributed by atoms with E-state index in [0.29, 0.717) is 10.4 Å². The summed E-state index contributed by atoms with van der Waals surface area (Å²) in [6.07, 6.45) is 1.80. The molecule has 2 heterocycles. The highest BCUT2D eigenvalue weighted by Crippen LogP contribution is 2.24. The van der Waals surface area contributed by atoms with Crippen LogP contribution in [0.2, 0.25) is 4.47 Å². The molecular weight excluding hydrogens is 304 g/mol. The first kappa shape index (κ1) is 14.4. The average molecular weight is 321 g/mol. The molecule has 0 aliphatic heterocycles. The van der Waals surface area contributed by atoms with Gasteiger partial charge in [0.2, 0.25) is 0 Å².